The van der Waals surface area contributed by atoms with Crippen LogP contribution in [0, 0.1) is 5.92 Å². The summed E-state index contributed by atoms with van der Waals surface area (Å²) in [5.74, 6) is -1.26. The van der Waals surface area contributed by atoms with Gasteiger partial charge in [0.1, 0.15) is 6.04 Å². The lowest BCUT2D eigenvalue weighted by molar-refractivity contribution is -0.138. The number of nitrogens with one attached hydrogen (secondary N) is 1. The molecule has 0 aromatic rings. The van der Waals surface area contributed by atoms with Gasteiger partial charge >= 0.3 is 12.0 Å². The van der Waals surface area contributed by atoms with Gasteiger partial charge in [-0.25, -0.2) is 4.79 Å². The van der Waals surface area contributed by atoms with E-state index in [9.17, 15) is 14.4 Å². The number of amides is 3. The molecule has 0 aliphatic carbocycles. The van der Waals surface area contributed by atoms with Crippen molar-refractivity contribution < 1.29 is 19.5 Å². The Kier molecular flexibility index (Phi) is 4.94. The van der Waals surface area contributed by atoms with Crippen LogP contribution in [-0.2, 0) is 9.59 Å². The molecule has 1 fully saturated rings. The van der Waals surface area contributed by atoms with Gasteiger partial charge in [-0.15, -0.1) is 0 Å². The van der Waals surface area contributed by atoms with E-state index in [1.165, 1.54) is 6.92 Å². The van der Waals surface area contributed by atoms with Crippen molar-refractivity contribution in [1.82, 2.24) is 10.2 Å². The van der Waals surface area contributed by atoms with Crippen LogP contribution in [0.1, 0.15) is 26.2 Å². The minimum absolute atomic E-state index is 0.125. The fourth-order valence-corrected chi connectivity index (χ4v) is 1.93. The second-order valence-electron chi connectivity index (χ2n) is 4.60. The second kappa shape index (κ2) is 6.23. The van der Waals surface area contributed by atoms with Crippen LogP contribution < -0.4 is 11.1 Å². The summed E-state index contributed by atoms with van der Waals surface area (Å²) in [4.78, 5) is 34.7. The van der Waals surface area contributed by atoms with Crippen LogP contribution in [0.4, 0.5) is 4.79 Å². The lowest BCUT2D eigenvalue weighted by atomic mass is 9.94. The molecule has 1 aliphatic rings. The third kappa shape index (κ3) is 4.23. The first kappa shape index (κ1) is 14.3. The number of nitrogens with two attached hydrogens (primary N) is 1. The number of carboxylic acid groups (broad SMARTS) is 1. The van der Waals surface area contributed by atoms with E-state index in [4.69, 9.17) is 10.8 Å². The molecule has 0 aromatic carbocycles. The van der Waals surface area contributed by atoms with Crippen molar-refractivity contribution in [3.63, 3.8) is 0 Å². The summed E-state index contributed by atoms with van der Waals surface area (Å²) >= 11 is 0. The van der Waals surface area contributed by atoms with Gasteiger partial charge in [0, 0.05) is 19.5 Å². The van der Waals surface area contributed by atoms with Gasteiger partial charge in [0.2, 0.25) is 5.91 Å². The zero-order chi connectivity index (χ0) is 13.7. The number of carbonyl (C=O) groups excluding carboxylic acids is 2. The van der Waals surface area contributed by atoms with Crippen LogP contribution in [0.3, 0.4) is 0 Å². The van der Waals surface area contributed by atoms with Crippen molar-refractivity contribution in [2.75, 3.05) is 13.1 Å². The quantitative estimate of drug-likeness (QED) is 0.644. The third-order valence-electron chi connectivity index (χ3n) is 3.13. The smallest absolute Gasteiger partial charge is 0.318 e. The monoisotopic (exact) mass is 257 g/mol. The molecule has 18 heavy (non-hydrogen) atoms. The summed E-state index contributed by atoms with van der Waals surface area (Å²) in [5.41, 5.74) is 5.05. The Morgan fingerprint density at radius 3 is 2.39 bits per heavy atom. The minimum atomic E-state index is -0.805. The predicted molar refractivity (Wildman–Crippen MR) is 63.7 cm³/mol. The van der Waals surface area contributed by atoms with Crippen LogP contribution in [0.2, 0.25) is 0 Å². The Labute approximate surface area is 105 Å². The van der Waals surface area contributed by atoms with E-state index < -0.39 is 17.9 Å². The summed E-state index contributed by atoms with van der Waals surface area (Å²) in [7, 11) is 0. The van der Waals surface area contributed by atoms with Crippen molar-refractivity contribution in [1.29, 1.82) is 0 Å². The van der Waals surface area contributed by atoms with E-state index in [2.05, 4.69) is 5.32 Å². The summed E-state index contributed by atoms with van der Waals surface area (Å²) in [5, 5.41) is 11.2. The molecule has 3 amide bonds. The van der Waals surface area contributed by atoms with Gasteiger partial charge < -0.3 is 21.1 Å². The Morgan fingerprint density at radius 1 is 1.39 bits per heavy atom. The van der Waals surface area contributed by atoms with E-state index >= 15 is 0 Å². The molecule has 4 N–H and O–H groups in total. The molecule has 1 unspecified atom stereocenters. The molecule has 1 aliphatic heterocycles. The second-order valence-corrected chi connectivity index (χ2v) is 4.60. The fourth-order valence-electron chi connectivity index (χ4n) is 1.93. The molecule has 7 nitrogen and oxygen atoms in total. The van der Waals surface area contributed by atoms with Gasteiger partial charge in [-0.3, -0.25) is 9.59 Å². The molecule has 1 rings (SSSR count). The minimum Gasteiger partial charge on any atom is -0.481 e. The van der Waals surface area contributed by atoms with Gasteiger partial charge in [0.05, 0.1) is 0 Å². The lowest BCUT2D eigenvalue weighted by Crippen LogP contribution is -2.50. The van der Waals surface area contributed by atoms with Gasteiger partial charge in [0.25, 0.3) is 0 Å². The van der Waals surface area contributed by atoms with Crippen molar-refractivity contribution in [2.45, 2.75) is 32.2 Å². The summed E-state index contributed by atoms with van der Waals surface area (Å²) in [6, 6.07) is -1.02. The van der Waals surface area contributed by atoms with Crippen LogP contribution in [0.15, 0.2) is 0 Å². The first-order chi connectivity index (χ1) is 8.40. The SMILES string of the molecule is CC(NC(=O)N1CCC(CC(=O)O)CC1)C(N)=O. The Bertz CT molecular complexity index is 337. The molecule has 0 bridgehead atoms. The highest BCUT2D eigenvalue weighted by Gasteiger charge is 2.25. The number of rotatable bonds is 4. The van der Waals surface area contributed by atoms with E-state index in [1.807, 2.05) is 0 Å². The molecule has 0 aromatic heterocycles. The molecule has 0 radical (unpaired) electrons. The van der Waals surface area contributed by atoms with Crippen LogP contribution in [0.25, 0.3) is 0 Å². The average Bonchev–Trinajstić information content (AvgIpc) is 2.28. The standard InChI is InChI=1S/C11H19N3O4/c1-7(10(12)17)13-11(18)14-4-2-8(3-5-14)6-9(15)16/h7-8H,2-6H2,1H3,(H2,12,17)(H,13,18)(H,15,16). The van der Waals surface area contributed by atoms with Crippen LogP contribution in [0.5, 0.6) is 0 Å². The number of nitrogens with zero attached hydrogens (tertiary/aromatic N) is 1. The van der Waals surface area contributed by atoms with Gasteiger partial charge in [-0.05, 0) is 25.7 Å². The number of likely N-dealkylation sites (tertiary alicyclic amines) is 1. The highest BCUT2D eigenvalue weighted by Crippen LogP contribution is 2.20. The number of aliphatic carboxylic acids is 1. The van der Waals surface area contributed by atoms with Gasteiger partial charge in [-0.1, -0.05) is 0 Å². The summed E-state index contributed by atoms with van der Waals surface area (Å²) in [6.07, 6.45) is 1.49. The maximum Gasteiger partial charge on any atom is 0.318 e. The fraction of sp³-hybridized carbons (Fsp3) is 0.727. The maximum atomic E-state index is 11.7. The Hall–Kier alpha value is -1.79. The molecule has 1 saturated heterocycles. The average molecular weight is 257 g/mol. The first-order valence-electron chi connectivity index (χ1n) is 5.96. The molecule has 1 atom stereocenters. The van der Waals surface area contributed by atoms with Crippen molar-refractivity contribution in [3.05, 3.63) is 0 Å². The largest absolute Gasteiger partial charge is 0.481 e. The van der Waals surface area contributed by atoms with Crippen LogP contribution >= 0.6 is 0 Å². The highest BCUT2D eigenvalue weighted by molar-refractivity contribution is 5.85. The van der Waals surface area contributed by atoms with Crippen molar-refractivity contribution in [2.24, 2.45) is 11.7 Å². The van der Waals surface area contributed by atoms with Gasteiger partial charge in [0.15, 0.2) is 0 Å². The van der Waals surface area contributed by atoms with Gasteiger partial charge in [-0.2, -0.15) is 0 Å². The zero-order valence-corrected chi connectivity index (χ0v) is 10.4. The van der Waals surface area contributed by atoms with Crippen molar-refractivity contribution in [3.8, 4) is 0 Å². The molecular weight excluding hydrogens is 238 g/mol. The predicted octanol–water partition coefficient (Wildman–Crippen LogP) is -0.243. The third-order valence-corrected chi connectivity index (χ3v) is 3.13. The van der Waals surface area contributed by atoms with E-state index in [0.717, 1.165) is 0 Å². The van der Waals surface area contributed by atoms with E-state index in [-0.39, 0.29) is 18.4 Å². The summed E-state index contributed by atoms with van der Waals surface area (Å²) < 4.78 is 0. The zero-order valence-electron chi connectivity index (χ0n) is 10.4. The Morgan fingerprint density at radius 2 is 1.94 bits per heavy atom. The number of primary amides is 1. The summed E-state index contributed by atoms with van der Waals surface area (Å²) in [6.45, 7) is 2.54. The highest BCUT2D eigenvalue weighted by atomic mass is 16.4. The van der Waals surface area contributed by atoms with Crippen LogP contribution in [-0.4, -0.2) is 47.0 Å². The number of hydrogen-bond acceptors (Lipinski definition) is 3. The topological polar surface area (TPSA) is 113 Å². The molecular formula is C11H19N3O4. The molecule has 1 heterocycles. The molecule has 0 saturated carbocycles. The molecule has 7 heteroatoms. The van der Waals surface area contributed by atoms with Crippen molar-refractivity contribution >= 4 is 17.9 Å². The lowest BCUT2D eigenvalue weighted by Gasteiger charge is -2.31. The Balaban J connectivity index is 2.36. The van der Waals surface area contributed by atoms with E-state index in [0.29, 0.717) is 25.9 Å². The normalized spacial score (nSPS) is 18.2. The number of hydrogen-bond donors (Lipinski definition) is 3. The number of carboxylic acids is 1. The molecule has 102 valence electrons. The number of urea groups is 1. The number of carbonyl (C=O) groups is 3. The maximum absolute atomic E-state index is 11.7. The first-order valence-corrected chi connectivity index (χ1v) is 5.96. The molecule has 0 spiro atoms. The van der Waals surface area contributed by atoms with E-state index in [1.54, 1.807) is 4.90 Å². The number of piperidine rings is 1.